The normalized spacial score (nSPS) is 9.72. The van der Waals surface area contributed by atoms with Crippen LogP contribution in [-0.2, 0) is 136 Å². The number of carboxylic acids is 12. The maximum Gasteiger partial charge on any atom is 4.00 e. The maximum atomic E-state index is 10.1. The van der Waals surface area contributed by atoms with Gasteiger partial charge in [-0.15, -0.1) is 0 Å². The van der Waals surface area contributed by atoms with Crippen molar-refractivity contribution in [3.8, 4) is 0 Å². The number of carbonyl (C=O) groups excluding carboxylic acids is 12. The van der Waals surface area contributed by atoms with Gasteiger partial charge in [0, 0.05) is 99.1 Å². The van der Waals surface area contributed by atoms with Crippen molar-refractivity contribution in [3.63, 3.8) is 0 Å². The van der Waals surface area contributed by atoms with Crippen LogP contribution in [0.2, 0.25) is 0 Å². The average Bonchev–Trinajstić information content (AvgIpc) is 2.85. The Morgan fingerprint density at radius 1 is 0.259 bits per heavy atom. The number of hydrogen-bond acceptors (Lipinski definition) is 31. The van der Waals surface area contributed by atoms with Gasteiger partial charge >= 0.3 is 78.6 Å². The van der Waals surface area contributed by atoms with Gasteiger partial charge in [0.05, 0.1) is 23.9 Å². The Morgan fingerprint density at radius 2 is 0.328 bits per heavy atom. The molecule has 0 aromatic heterocycles. The van der Waals surface area contributed by atoms with Crippen LogP contribution in [0, 0.1) is 0 Å². The Hall–Kier alpha value is -3.99. The molecule has 0 saturated heterocycles. The summed E-state index contributed by atoms with van der Waals surface area (Å²) in [5, 5.41) is 156. The number of carboxylic acid groups (broad SMARTS) is 12. The van der Waals surface area contributed by atoms with Gasteiger partial charge in [0.25, 0.3) is 0 Å². The summed E-state index contributed by atoms with van der Waals surface area (Å²) in [5.74, 6) is -23.9. The summed E-state index contributed by atoms with van der Waals surface area (Å²) < 4.78 is 0. The summed E-state index contributed by atoms with van der Waals surface area (Å²) in [7, 11) is 0. The Balaban J connectivity index is -0.0000000640. The van der Waals surface area contributed by atoms with Crippen molar-refractivity contribution < 1.29 is 218 Å². The predicted molar refractivity (Wildman–Crippen MR) is 132 cm³/mol. The fraction of sp³-hybridized carbons (Fsp3) is 0.500. The molecule has 0 fully saturated rings. The molecule has 13 N–H and O–H groups in total. The first-order valence-electron chi connectivity index (χ1n) is 12.5. The SMILES string of the molecule is N.N.N.O=C([O-])CC(O)(CC(=O)[O-])C(=O)[O-].O=C([O-])CC(O)(CC(=O)[O-])C(=O)[O-].O=C([O-])CC(O)(CC(=O)[O-])C(=O)[O-].O=C([O-])CC(O)(CC(=O)[O-])C(=O)[O-].[Zr+4].[Zr+4].[Zr+4]. The molecule has 0 unspecified atom stereocenters. The molecular weight excluding hydrogens is 1050 g/mol. The van der Waals surface area contributed by atoms with Crippen LogP contribution in [0.15, 0.2) is 0 Å². The van der Waals surface area contributed by atoms with Gasteiger partial charge in [0.15, 0.2) is 0 Å². The monoisotopic (exact) mass is 1080 g/mol. The van der Waals surface area contributed by atoms with Crippen LogP contribution < -0.4 is 79.7 Å². The van der Waals surface area contributed by atoms with Gasteiger partial charge in [-0.25, -0.2) is 0 Å². The molecule has 31 nitrogen and oxygen atoms in total. The van der Waals surface area contributed by atoms with Crippen molar-refractivity contribution in [1.29, 1.82) is 0 Å². The second kappa shape index (κ2) is 35.0. The summed E-state index contributed by atoms with van der Waals surface area (Å²) in [6, 6.07) is 0. The summed E-state index contributed by atoms with van der Waals surface area (Å²) >= 11 is 0. The summed E-state index contributed by atoms with van der Waals surface area (Å²) in [6.45, 7) is 0. The third-order valence-corrected chi connectivity index (χ3v) is 5.01. The molecule has 320 valence electrons. The van der Waals surface area contributed by atoms with E-state index in [1.54, 1.807) is 0 Å². The van der Waals surface area contributed by atoms with Crippen molar-refractivity contribution in [2.24, 2.45) is 0 Å². The van der Waals surface area contributed by atoms with Crippen LogP contribution in [0.25, 0.3) is 0 Å². The van der Waals surface area contributed by atoms with Gasteiger partial charge in [-0.3, -0.25) is 0 Å². The summed E-state index contributed by atoms with van der Waals surface area (Å²) in [6.07, 6.45) is -10.9. The third-order valence-electron chi connectivity index (χ3n) is 5.01. The molecule has 0 radical (unpaired) electrons. The molecule has 0 aliphatic heterocycles. The summed E-state index contributed by atoms with van der Waals surface area (Å²) in [4.78, 5) is 120. The van der Waals surface area contributed by atoms with Crippen LogP contribution in [0.1, 0.15) is 51.4 Å². The molecule has 0 atom stereocenters. The minimum absolute atomic E-state index is 0. The Bertz CT molecular complexity index is 1150. The fourth-order valence-corrected chi connectivity index (χ4v) is 2.74. The Labute approximate surface area is 379 Å². The molecule has 0 spiro atoms. The largest absolute Gasteiger partial charge is 4.00 e. The van der Waals surface area contributed by atoms with Gasteiger partial charge in [-0.1, -0.05) is 0 Å². The van der Waals surface area contributed by atoms with E-state index in [0.29, 0.717) is 0 Å². The quantitative estimate of drug-likeness (QED) is 0.0595. The average molecular weight is 1080 g/mol. The number of hydrogen-bond donors (Lipinski definition) is 7. The topological polar surface area (TPSA) is 667 Å². The van der Waals surface area contributed by atoms with Crippen molar-refractivity contribution in [3.05, 3.63) is 0 Å². The van der Waals surface area contributed by atoms with Crippen LogP contribution >= 0.6 is 0 Å². The molecule has 0 heterocycles. The van der Waals surface area contributed by atoms with Gasteiger partial charge in [-0.05, 0) is 0 Å². The molecule has 0 aromatic carbocycles. The van der Waals surface area contributed by atoms with Crippen LogP contribution in [0.4, 0.5) is 0 Å². The van der Waals surface area contributed by atoms with Crippen molar-refractivity contribution in [2.75, 3.05) is 0 Å². The zero-order valence-electron chi connectivity index (χ0n) is 28.9. The second-order valence-electron chi connectivity index (χ2n) is 9.67. The predicted octanol–water partition coefficient (Wildman–Crippen LogP) is -20.5. The Kier molecular flexibility index (Phi) is 47.3. The molecule has 0 amide bonds. The van der Waals surface area contributed by atoms with Crippen molar-refractivity contribution in [2.45, 2.75) is 73.8 Å². The third kappa shape index (κ3) is 37.6. The standard InChI is InChI=1S/4C6H8O7.3H3N.3Zr/c4*7-3(8)1-6(13,5(11)12)2-4(9)10;;;;;;/h4*13H,1-2H2,(H,7,8)(H,9,10)(H,11,12);3*1H3;;;/q;;;;;;;3*+4/p-12. The van der Waals surface area contributed by atoms with Gasteiger partial charge < -0.3 is 158 Å². The molecular formula is C24H29N3O28Zr3. The zero-order chi connectivity index (χ0) is 42.6. The molecule has 0 aliphatic rings. The van der Waals surface area contributed by atoms with Gasteiger partial charge in [-0.2, -0.15) is 0 Å². The molecule has 0 rings (SSSR count). The first-order valence-corrected chi connectivity index (χ1v) is 12.5. The van der Waals surface area contributed by atoms with E-state index in [0.717, 1.165) is 0 Å². The first kappa shape index (κ1) is 78.4. The maximum absolute atomic E-state index is 10.1. The van der Waals surface area contributed by atoms with E-state index in [1.807, 2.05) is 0 Å². The van der Waals surface area contributed by atoms with E-state index < -0.39 is 145 Å². The smallest absolute Gasteiger partial charge is 0.550 e. The van der Waals surface area contributed by atoms with E-state index in [-0.39, 0.29) is 97.1 Å². The number of aliphatic carboxylic acids is 12. The molecule has 34 heteroatoms. The van der Waals surface area contributed by atoms with E-state index in [4.69, 9.17) is 20.4 Å². The van der Waals surface area contributed by atoms with Gasteiger partial charge in [0.1, 0.15) is 22.4 Å². The minimum atomic E-state index is -2.97. The number of aliphatic hydroxyl groups is 4. The Morgan fingerprint density at radius 3 is 0.362 bits per heavy atom. The van der Waals surface area contributed by atoms with Crippen molar-refractivity contribution in [1.82, 2.24) is 18.5 Å². The van der Waals surface area contributed by atoms with E-state index in [2.05, 4.69) is 0 Å². The van der Waals surface area contributed by atoms with E-state index >= 15 is 0 Å². The molecule has 0 aliphatic carbocycles. The molecule has 0 saturated carbocycles. The zero-order valence-corrected chi connectivity index (χ0v) is 36.2. The molecule has 0 aromatic rings. The fourth-order valence-electron chi connectivity index (χ4n) is 2.74. The van der Waals surface area contributed by atoms with Crippen LogP contribution in [0.3, 0.4) is 0 Å². The van der Waals surface area contributed by atoms with E-state index in [9.17, 15) is 119 Å². The van der Waals surface area contributed by atoms with Crippen molar-refractivity contribution >= 4 is 71.6 Å². The van der Waals surface area contributed by atoms with Crippen LogP contribution in [-0.4, -0.2) is 114 Å². The van der Waals surface area contributed by atoms with E-state index in [1.165, 1.54) is 0 Å². The van der Waals surface area contributed by atoms with Crippen LogP contribution in [0.5, 0.6) is 0 Å². The molecule has 0 bridgehead atoms. The van der Waals surface area contributed by atoms with Gasteiger partial charge in [0.2, 0.25) is 0 Å². The second-order valence-corrected chi connectivity index (χ2v) is 9.67. The summed E-state index contributed by atoms with van der Waals surface area (Å²) in [5.41, 5.74) is -11.9. The number of carbonyl (C=O) groups is 12. The first-order chi connectivity index (χ1) is 23.1. The minimum Gasteiger partial charge on any atom is -0.550 e. The number of rotatable bonds is 20. The molecule has 58 heavy (non-hydrogen) atoms.